The van der Waals surface area contributed by atoms with Crippen molar-refractivity contribution in [3.8, 4) is 0 Å². The van der Waals surface area contributed by atoms with Crippen molar-refractivity contribution in [2.45, 2.75) is 57.4 Å². The first kappa shape index (κ1) is 16.7. The van der Waals surface area contributed by atoms with Gasteiger partial charge in [0, 0.05) is 25.8 Å². The first-order valence-electron chi connectivity index (χ1n) is 8.78. The van der Waals surface area contributed by atoms with Gasteiger partial charge >= 0.3 is 0 Å². The number of hydrogen-bond donors (Lipinski definition) is 0. The lowest BCUT2D eigenvalue weighted by atomic mass is 10.1. The fourth-order valence-corrected chi connectivity index (χ4v) is 3.28. The van der Waals surface area contributed by atoms with Crippen molar-refractivity contribution in [1.82, 2.24) is 15.0 Å². The van der Waals surface area contributed by atoms with Crippen LogP contribution in [-0.4, -0.2) is 28.0 Å². The molecule has 0 saturated heterocycles. The zero-order chi connectivity index (χ0) is 16.9. The molecule has 0 bridgehead atoms. The lowest BCUT2D eigenvalue weighted by Gasteiger charge is -2.25. The van der Waals surface area contributed by atoms with Gasteiger partial charge in [-0.1, -0.05) is 48.3 Å². The van der Waals surface area contributed by atoms with Crippen LogP contribution in [0.1, 0.15) is 68.3 Å². The van der Waals surface area contributed by atoms with E-state index < -0.39 is 0 Å². The number of benzene rings is 1. The summed E-state index contributed by atoms with van der Waals surface area (Å²) >= 11 is 0. The van der Waals surface area contributed by atoms with Crippen LogP contribution in [0.25, 0.3) is 0 Å². The fraction of sp³-hybridized carbons (Fsp3) is 0.526. The standard InChI is InChI=1S/C19H25N3O2/c1-14(15-8-4-3-5-9-15)22(2)18(23)13-12-17-20-19(21-24-17)16-10-6-7-11-16/h3-5,8-9,14,16H,6-7,10-13H2,1-2H3/t14-/m0/s1. The third-order valence-corrected chi connectivity index (χ3v) is 5.01. The molecule has 1 amide bonds. The molecule has 0 spiro atoms. The number of aromatic nitrogens is 2. The summed E-state index contributed by atoms with van der Waals surface area (Å²) < 4.78 is 5.32. The molecule has 5 heteroatoms. The summed E-state index contributed by atoms with van der Waals surface area (Å²) in [5.74, 6) is 1.93. The zero-order valence-corrected chi connectivity index (χ0v) is 14.4. The summed E-state index contributed by atoms with van der Waals surface area (Å²) in [4.78, 5) is 18.7. The second-order valence-corrected chi connectivity index (χ2v) is 6.62. The molecule has 1 aromatic heterocycles. The molecule has 2 aromatic rings. The Morgan fingerprint density at radius 1 is 1.29 bits per heavy atom. The SMILES string of the molecule is C[C@@H](c1ccccc1)N(C)C(=O)CCc1nc(C2CCCC2)no1. The molecule has 0 aliphatic heterocycles. The lowest BCUT2D eigenvalue weighted by Crippen LogP contribution is -2.29. The molecule has 1 aliphatic rings. The van der Waals surface area contributed by atoms with E-state index in [-0.39, 0.29) is 11.9 Å². The van der Waals surface area contributed by atoms with Crippen molar-refractivity contribution < 1.29 is 9.32 Å². The summed E-state index contributed by atoms with van der Waals surface area (Å²) in [5.41, 5.74) is 1.13. The van der Waals surface area contributed by atoms with Crippen molar-refractivity contribution >= 4 is 5.91 Å². The minimum Gasteiger partial charge on any atom is -0.339 e. The first-order chi connectivity index (χ1) is 11.6. The van der Waals surface area contributed by atoms with E-state index in [1.54, 1.807) is 4.90 Å². The topological polar surface area (TPSA) is 59.2 Å². The molecule has 128 valence electrons. The van der Waals surface area contributed by atoms with Crippen LogP contribution >= 0.6 is 0 Å². The molecule has 0 N–H and O–H groups in total. The minimum atomic E-state index is 0.0513. The Labute approximate surface area is 143 Å². The third kappa shape index (κ3) is 3.83. The molecule has 1 fully saturated rings. The molecule has 0 radical (unpaired) electrons. The predicted octanol–water partition coefficient (Wildman–Crippen LogP) is 3.88. The quantitative estimate of drug-likeness (QED) is 0.808. The lowest BCUT2D eigenvalue weighted by molar-refractivity contribution is -0.131. The molecule has 3 rings (SSSR count). The average Bonchev–Trinajstić information content (AvgIpc) is 3.30. The first-order valence-corrected chi connectivity index (χ1v) is 8.78. The highest BCUT2D eigenvalue weighted by molar-refractivity contribution is 5.76. The summed E-state index contributed by atoms with van der Waals surface area (Å²) in [5, 5.41) is 4.09. The Morgan fingerprint density at radius 3 is 2.71 bits per heavy atom. The van der Waals surface area contributed by atoms with Crippen LogP contribution in [0, 0.1) is 0 Å². The molecule has 24 heavy (non-hydrogen) atoms. The van der Waals surface area contributed by atoms with Crippen LogP contribution in [0.15, 0.2) is 34.9 Å². The molecule has 1 atom stereocenters. The predicted molar refractivity (Wildman–Crippen MR) is 91.5 cm³/mol. The summed E-state index contributed by atoms with van der Waals surface area (Å²) in [6.45, 7) is 2.04. The number of hydrogen-bond acceptors (Lipinski definition) is 4. The minimum absolute atomic E-state index is 0.0513. The molecular formula is C19H25N3O2. The molecule has 1 aromatic carbocycles. The monoisotopic (exact) mass is 327 g/mol. The summed E-state index contributed by atoms with van der Waals surface area (Å²) in [6.07, 6.45) is 5.68. The van der Waals surface area contributed by atoms with E-state index in [9.17, 15) is 4.79 Å². The zero-order valence-electron chi connectivity index (χ0n) is 14.4. The smallest absolute Gasteiger partial charge is 0.227 e. The van der Waals surface area contributed by atoms with Crippen LogP contribution in [0.5, 0.6) is 0 Å². The highest BCUT2D eigenvalue weighted by Gasteiger charge is 2.23. The molecular weight excluding hydrogens is 302 g/mol. The van der Waals surface area contributed by atoms with E-state index in [1.165, 1.54) is 12.8 Å². The Balaban J connectivity index is 1.53. The highest BCUT2D eigenvalue weighted by atomic mass is 16.5. The number of nitrogens with zero attached hydrogens (tertiary/aromatic N) is 3. The maximum atomic E-state index is 12.4. The van der Waals surface area contributed by atoms with Gasteiger partial charge in [-0.2, -0.15) is 4.98 Å². The Bertz CT molecular complexity index is 662. The van der Waals surface area contributed by atoms with Crippen LogP contribution in [0.2, 0.25) is 0 Å². The molecule has 1 saturated carbocycles. The van der Waals surface area contributed by atoms with Crippen molar-refractivity contribution in [3.05, 3.63) is 47.6 Å². The highest BCUT2D eigenvalue weighted by Crippen LogP contribution is 2.32. The van der Waals surface area contributed by atoms with E-state index >= 15 is 0 Å². The van der Waals surface area contributed by atoms with Crippen molar-refractivity contribution in [1.29, 1.82) is 0 Å². The van der Waals surface area contributed by atoms with Gasteiger partial charge < -0.3 is 9.42 Å². The number of aryl methyl sites for hydroxylation is 1. The second-order valence-electron chi connectivity index (χ2n) is 6.62. The second kappa shape index (κ2) is 7.60. The van der Waals surface area contributed by atoms with E-state index in [2.05, 4.69) is 10.1 Å². The molecule has 1 heterocycles. The van der Waals surface area contributed by atoms with Crippen molar-refractivity contribution in [3.63, 3.8) is 0 Å². The molecule has 0 unspecified atom stereocenters. The van der Waals surface area contributed by atoms with Crippen molar-refractivity contribution in [2.24, 2.45) is 0 Å². The number of rotatable bonds is 6. The Hall–Kier alpha value is -2.17. The maximum Gasteiger partial charge on any atom is 0.227 e. The maximum absolute atomic E-state index is 12.4. The van der Waals surface area contributed by atoms with Crippen LogP contribution in [0.4, 0.5) is 0 Å². The van der Waals surface area contributed by atoms with Gasteiger partial charge in [-0.15, -0.1) is 0 Å². The van der Waals surface area contributed by atoms with Crippen LogP contribution < -0.4 is 0 Å². The van der Waals surface area contributed by atoms with Gasteiger partial charge in [-0.3, -0.25) is 4.79 Å². The normalized spacial score (nSPS) is 16.2. The van der Waals surface area contributed by atoms with Crippen LogP contribution in [0.3, 0.4) is 0 Å². The van der Waals surface area contributed by atoms with E-state index in [4.69, 9.17) is 4.52 Å². The largest absolute Gasteiger partial charge is 0.339 e. The Morgan fingerprint density at radius 2 is 2.00 bits per heavy atom. The van der Waals surface area contributed by atoms with Gasteiger partial charge in [0.05, 0.1) is 6.04 Å². The van der Waals surface area contributed by atoms with Gasteiger partial charge in [0.1, 0.15) is 0 Å². The van der Waals surface area contributed by atoms with E-state index in [0.717, 1.165) is 24.2 Å². The van der Waals surface area contributed by atoms with Gasteiger partial charge in [0.15, 0.2) is 5.82 Å². The van der Waals surface area contributed by atoms with Gasteiger partial charge in [0.2, 0.25) is 11.8 Å². The summed E-state index contributed by atoms with van der Waals surface area (Å²) in [6, 6.07) is 10.1. The number of carbonyl (C=O) groups is 1. The third-order valence-electron chi connectivity index (χ3n) is 5.01. The average molecular weight is 327 g/mol. The number of carbonyl (C=O) groups excluding carboxylic acids is 1. The van der Waals surface area contributed by atoms with Crippen molar-refractivity contribution in [2.75, 3.05) is 7.05 Å². The molecule has 5 nitrogen and oxygen atoms in total. The van der Waals surface area contributed by atoms with Gasteiger partial charge in [-0.25, -0.2) is 0 Å². The fourth-order valence-electron chi connectivity index (χ4n) is 3.28. The van der Waals surface area contributed by atoms with E-state index in [1.807, 2.05) is 44.3 Å². The molecule has 1 aliphatic carbocycles. The number of amides is 1. The van der Waals surface area contributed by atoms with E-state index in [0.29, 0.717) is 24.7 Å². The Kier molecular flexibility index (Phi) is 5.28. The van der Waals surface area contributed by atoms with Crippen LogP contribution in [-0.2, 0) is 11.2 Å². The summed E-state index contributed by atoms with van der Waals surface area (Å²) in [7, 11) is 1.85. The van der Waals surface area contributed by atoms with Gasteiger partial charge in [-0.05, 0) is 25.3 Å². The van der Waals surface area contributed by atoms with Gasteiger partial charge in [0.25, 0.3) is 0 Å².